The summed E-state index contributed by atoms with van der Waals surface area (Å²) in [6.07, 6.45) is 0. The Morgan fingerprint density at radius 3 is 2.59 bits per heavy atom. The molecular weight excluding hydrogens is 301 g/mol. The van der Waals surface area contributed by atoms with E-state index in [1.807, 2.05) is 36.9 Å². The molecule has 1 heterocycles. The van der Waals surface area contributed by atoms with Crippen LogP contribution in [0.3, 0.4) is 0 Å². The molecule has 1 nitrogen and oxygen atoms in total. The van der Waals surface area contributed by atoms with Crippen LogP contribution in [0.2, 0.25) is 0 Å². The van der Waals surface area contributed by atoms with E-state index >= 15 is 0 Å². The summed E-state index contributed by atoms with van der Waals surface area (Å²) < 4.78 is 15.0. The van der Waals surface area contributed by atoms with E-state index in [2.05, 4.69) is 21.2 Å². The van der Waals surface area contributed by atoms with E-state index in [1.54, 1.807) is 17.4 Å². The molecule has 0 aliphatic carbocycles. The molecule has 1 aromatic carbocycles. The van der Waals surface area contributed by atoms with Crippen LogP contribution in [0.1, 0.15) is 22.7 Å². The van der Waals surface area contributed by atoms with Crippen molar-refractivity contribution in [2.45, 2.75) is 13.0 Å². The monoisotopic (exact) mass is 313 g/mol. The normalized spacial score (nSPS) is 12.7. The zero-order valence-corrected chi connectivity index (χ0v) is 12.0. The standard InChI is InChI=1S/C13H13BrFNS/c1-8-3-4-9(12(15)5-8)13(16-2)10-6-17-7-11(10)14/h3-7,13,16H,1-2H3. The minimum atomic E-state index is -0.164. The second-order valence-corrected chi connectivity index (χ2v) is 5.52. The number of hydrogen-bond acceptors (Lipinski definition) is 2. The maximum Gasteiger partial charge on any atom is 0.128 e. The number of benzene rings is 1. The fourth-order valence-electron chi connectivity index (χ4n) is 1.84. The highest BCUT2D eigenvalue weighted by Crippen LogP contribution is 2.32. The van der Waals surface area contributed by atoms with Gasteiger partial charge in [-0.3, -0.25) is 0 Å². The molecule has 0 bridgehead atoms. The Balaban J connectivity index is 2.46. The molecule has 2 aromatic rings. The van der Waals surface area contributed by atoms with Gasteiger partial charge in [-0.15, -0.1) is 0 Å². The molecule has 90 valence electrons. The molecule has 2 rings (SSSR count). The Morgan fingerprint density at radius 1 is 1.29 bits per heavy atom. The lowest BCUT2D eigenvalue weighted by molar-refractivity contribution is 0.575. The van der Waals surface area contributed by atoms with Crippen LogP contribution in [0.15, 0.2) is 33.4 Å². The molecule has 0 saturated heterocycles. The van der Waals surface area contributed by atoms with Gasteiger partial charge in [-0.05, 0) is 52.5 Å². The van der Waals surface area contributed by atoms with Crippen molar-refractivity contribution in [3.8, 4) is 0 Å². The lowest BCUT2D eigenvalue weighted by atomic mass is 10.00. The molecule has 4 heteroatoms. The van der Waals surface area contributed by atoms with Crippen molar-refractivity contribution in [1.29, 1.82) is 0 Å². The molecule has 0 saturated carbocycles. The van der Waals surface area contributed by atoms with E-state index in [9.17, 15) is 4.39 Å². The van der Waals surface area contributed by atoms with Crippen LogP contribution in [0.4, 0.5) is 4.39 Å². The maximum atomic E-state index is 14.0. The van der Waals surface area contributed by atoms with Crippen LogP contribution < -0.4 is 5.32 Å². The van der Waals surface area contributed by atoms with Gasteiger partial charge in [0.1, 0.15) is 5.82 Å². The molecule has 1 unspecified atom stereocenters. The Morgan fingerprint density at radius 2 is 2.06 bits per heavy atom. The third-order valence-corrected chi connectivity index (χ3v) is 4.46. The topological polar surface area (TPSA) is 12.0 Å². The summed E-state index contributed by atoms with van der Waals surface area (Å²) in [6.45, 7) is 1.89. The predicted octanol–water partition coefficient (Wildman–Crippen LogP) is 4.27. The molecule has 1 N–H and O–H groups in total. The molecule has 0 aliphatic rings. The van der Waals surface area contributed by atoms with Gasteiger partial charge < -0.3 is 5.32 Å². The average molecular weight is 314 g/mol. The highest BCUT2D eigenvalue weighted by molar-refractivity contribution is 9.10. The van der Waals surface area contributed by atoms with Crippen molar-refractivity contribution >= 4 is 27.3 Å². The molecule has 0 radical (unpaired) electrons. The summed E-state index contributed by atoms with van der Waals surface area (Å²) >= 11 is 5.10. The zero-order chi connectivity index (χ0) is 12.4. The highest BCUT2D eigenvalue weighted by atomic mass is 79.9. The van der Waals surface area contributed by atoms with Gasteiger partial charge in [0.05, 0.1) is 6.04 Å². The first-order chi connectivity index (χ1) is 8.13. The number of nitrogens with one attached hydrogen (secondary N) is 1. The summed E-state index contributed by atoms with van der Waals surface area (Å²) in [7, 11) is 1.84. The maximum absolute atomic E-state index is 14.0. The van der Waals surface area contributed by atoms with E-state index < -0.39 is 0 Å². The van der Waals surface area contributed by atoms with Gasteiger partial charge in [0.15, 0.2) is 0 Å². The fourth-order valence-corrected chi connectivity index (χ4v) is 3.39. The molecule has 0 aliphatic heterocycles. The number of rotatable bonds is 3. The fraction of sp³-hybridized carbons (Fsp3) is 0.231. The molecular formula is C13H13BrFNS. The second-order valence-electron chi connectivity index (χ2n) is 3.92. The molecule has 1 atom stereocenters. The third-order valence-electron chi connectivity index (χ3n) is 2.71. The van der Waals surface area contributed by atoms with Crippen molar-refractivity contribution in [2.75, 3.05) is 7.05 Å². The van der Waals surface area contributed by atoms with Crippen molar-refractivity contribution < 1.29 is 4.39 Å². The van der Waals surface area contributed by atoms with Crippen molar-refractivity contribution in [2.24, 2.45) is 0 Å². The SMILES string of the molecule is CNC(c1ccc(C)cc1F)c1cscc1Br. The zero-order valence-electron chi connectivity index (χ0n) is 9.63. The minimum absolute atomic E-state index is 0.115. The molecule has 0 fully saturated rings. The van der Waals surface area contributed by atoms with Gasteiger partial charge >= 0.3 is 0 Å². The average Bonchev–Trinajstić information content (AvgIpc) is 2.69. The van der Waals surface area contributed by atoms with Crippen molar-refractivity contribution in [3.63, 3.8) is 0 Å². The van der Waals surface area contributed by atoms with Crippen molar-refractivity contribution in [3.05, 3.63) is 55.9 Å². The second kappa shape index (κ2) is 5.29. The lowest BCUT2D eigenvalue weighted by Gasteiger charge is -2.17. The molecule has 0 amide bonds. The smallest absolute Gasteiger partial charge is 0.128 e. The first-order valence-electron chi connectivity index (χ1n) is 5.28. The van der Waals surface area contributed by atoms with Gasteiger partial charge in [-0.25, -0.2) is 4.39 Å². The summed E-state index contributed by atoms with van der Waals surface area (Å²) in [4.78, 5) is 0. The number of hydrogen-bond donors (Lipinski definition) is 1. The molecule has 17 heavy (non-hydrogen) atoms. The highest BCUT2D eigenvalue weighted by Gasteiger charge is 2.18. The van der Waals surface area contributed by atoms with E-state index in [0.29, 0.717) is 5.56 Å². The van der Waals surface area contributed by atoms with E-state index in [-0.39, 0.29) is 11.9 Å². The van der Waals surface area contributed by atoms with Crippen LogP contribution in [-0.2, 0) is 0 Å². The van der Waals surface area contributed by atoms with Gasteiger partial charge in [-0.2, -0.15) is 11.3 Å². The van der Waals surface area contributed by atoms with Crippen LogP contribution in [-0.4, -0.2) is 7.05 Å². The predicted molar refractivity (Wildman–Crippen MR) is 74.1 cm³/mol. The summed E-state index contributed by atoms with van der Waals surface area (Å²) in [6, 6.07) is 5.23. The van der Waals surface area contributed by atoms with Crippen LogP contribution >= 0.6 is 27.3 Å². The summed E-state index contributed by atoms with van der Waals surface area (Å²) in [5.41, 5.74) is 2.68. The van der Waals surface area contributed by atoms with Gasteiger partial charge in [0, 0.05) is 15.4 Å². The van der Waals surface area contributed by atoms with E-state index in [0.717, 1.165) is 15.6 Å². The Labute approximate surface area is 113 Å². The minimum Gasteiger partial charge on any atom is -0.309 e. The number of aryl methyl sites for hydroxylation is 1. The van der Waals surface area contributed by atoms with Gasteiger partial charge in [-0.1, -0.05) is 12.1 Å². The van der Waals surface area contributed by atoms with Crippen molar-refractivity contribution in [1.82, 2.24) is 5.32 Å². The van der Waals surface area contributed by atoms with Crippen LogP contribution in [0.5, 0.6) is 0 Å². The Bertz CT molecular complexity index is 524. The summed E-state index contributed by atoms with van der Waals surface area (Å²) in [5.74, 6) is -0.164. The lowest BCUT2D eigenvalue weighted by Crippen LogP contribution is -2.18. The van der Waals surface area contributed by atoms with E-state index in [4.69, 9.17) is 0 Å². The largest absolute Gasteiger partial charge is 0.309 e. The van der Waals surface area contributed by atoms with Crippen LogP contribution in [0.25, 0.3) is 0 Å². The summed E-state index contributed by atoms with van der Waals surface area (Å²) in [5, 5.41) is 7.20. The Hall–Kier alpha value is -0.710. The van der Waals surface area contributed by atoms with Crippen LogP contribution in [0, 0.1) is 12.7 Å². The third kappa shape index (κ3) is 2.59. The first kappa shape index (κ1) is 12.7. The Kier molecular flexibility index (Phi) is 3.97. The molecule has 1 aromatic heterocycles. The first-order valence-corrected chi connectivity index (χ1v) is 7.02. The van der Waals surface area contributed by atoms with E-state index in [1.165, 1.54) is 0 Å². The van der Waals surface area contributed by atoms with Gasteiger partial charge in [0.25, 0.3) is 0 Å². The number of halogens is 2. The number of thiophene rings is 1. The van der Waals surface area contributed by atoms with Gasteiger partial charge in [0.2, 0.25) is 0 Å². The molecule has 0 spiro atoms. The quantitative estimate of drug-likeness (QED) is 0.892.